The normalized spacial score (nSPS) is 22.1. The standard InChI is InChI=1S/C22H19N7O13S/c23-20-25-10(7-43-20)15(26-40-6-14(32)33)16(34)24-9-5-41-29(17(9)35)22(19(37)38)2-11(18(36)42-22)28-3-8-1-12(30)13(31)4-27(8)21(28)39/h1,3-4,7,9,11,30-31H,2,5-6H2,(H2,23,25)(H,24,34)(H,32,33)(H,37,38)/b26-15-/t9-,11?,22?/m0/s1. The summed E-state index contributed by atoms with van der Waals surface area (Å²) >= 11 is 0.925. The van der Waals surface area contributed by atoms with Crippen LogP contribution in [0.3, 0.4) is 0 Å². The molecule has 43 heavy (non-hydrogen) atoms. The number of imidazole rings is 1. The van der Waals surface area contributed by atoms with Gasteiger partial charge in [0, 0.05) is 17.6 Å². The Morgan fingerprint density at radius 1 is 1.21 bits per heavy atom. The van der Waals surface area contributed by atoms with E-state index in [9.17, 15) is 44.1 Å². The predicted octanol–water partition coefficient (Wildman–Crippen LogP) is -2.42. The highest BCUT2D eigenvalue weighted by Gasteiger charge is 2.63. The van der Waals surface area contributed by atoms with Gasteiger partial charge < -0.3 is 41.1 Å². The van der Waals surface area contributed by atoms with Crippen LogP contribution in [0.4, 0.5) is 5.13 Å². The number of esters is 1. The van der Waals surface area contributed by atoms with Crippen LogP contribution >= 0.6 is 11.3 Å². The van der Waals surface area contributed by atoms with Crippen LogP contribution in [0.1, 0.15) is 18.2 Å². The summed E-state index contributed by atoms with van der Waals surface area (Å²) in [6.45, 7) is -1.54. The second-order valence-corrected chi connectivity index (χ2v) is 9.91. The van der Waals surface area contributed by atoms with Crippen molar-refractivity contribution < 1.29 is 58.8 Å². The number of hydrogen-bond acceptors (Lipinski definition) is 15. The summed E-state index contributed by atoms with van der Waals surface area (Å²) in [4.78, 5) is 89.0. The van der Waals surface area contributed by atoms with Crippen LogP contribution < -0.4 is 16.7 Å². The molecule has 5 heterocycles. The number of ether oxygens (including phenoxy) is 1. The van der Waals surface area contributed by atoms with Crippen LogP contribution in [0.25, 0.3) is 5.52 Å². The second kappa shape index (κ2) is 10.6. The number of nitrogen functional groups attached to an aromatic ring is 1. The monoisotopic (exact) mass is 621 g/mol. The minimum absolute atomic E-state index is 0.0324. The van der Waals surface area contributed by atoms with Crippen LogP contribution in [-0.4, -0.2) is 99.9 Å². The zero-order chi connectivity index (χ0) is 31.2. The number of carbonyl (C=O) groups excluding carboxylic acids is 3. The number of anilines is 1. The summed E-state index contributed by atoms with van der Waals surface area (Å²) in [7, 11) is 0. The summed E-state index contributed by atoms with van der Waals surface area (Å²) in [5.41, 5.74) is 1.30. The SMILES string of the molecule is Nc1nc(/C(=N/OCC(=O)O)C(=O)N[C@H]2CON(C3(C(=O)O)CC(n4cc5cc(O)c(O)cn5c4=O)C(=O)O3)C2=O)cs1. The molecule has 2 aliphatic heterocycles. The fourth-order valence-electron chi connectivity index (χ4n) is 4.32. The van der Waals surface area contributed by atoms with Gasteiger partial charge in [0.2, 0.25) is 6.61 Å². The molecule has 3 atom stereocenters. The number of fused-ring (bicyclic) bond motifs is 1. The first-order valence-electron chi connectivity index (χ1n) is 11.8. The highest BCUT2D eigenvalue weighted by Crippen LogP contribution is 2.39. The van der Waals surface area contributed by atoms with E-state index in [1.807, 2.05) is 0 Å². The number of nitrogens with zero attached hydrogens (tertiary/aromatic N) is 5. The largest absolute Gasteiger partial charge is 0.504 e. The number of oxime groups is 1. The highest BCUT2D eigenvalue weighted by molar-refractivity contribution is 7.13. The van der Waals surface area contributed by atoms with E-state index < -0.39 is 90.1 Å². The average Bonchev–Trinajstić information content (AvgIpc) is 3.69. The summed E-state index contributed by atoms with van der Waals surface area (Å²) in [5, 5.41) is 45.6. The van der Waals surface area contributed by atoms with Gasteiger partial charge in [0.1, 0.15) is 24.4 Å². The Morgan fingerprint density at radius 3 is 2.60 bits per heavy atom. The number of nitrogens with one attached hydrogen (secondary N) is 1. The molecule has 0 saturated carbocycles. The van der Waals surface area contributed by atoms with Crippen LogP contribution in [0, 0.1) is 0 Å². The van der Waals surface area contributed by atoms with Gasteiger partial charge in [-0.05, 0) is 0 Å². The molecule has 3 aromatic heterocycles. The number of pyridine rings is 1. The first-order chi connectivity index (χ1) is 20.3. The lowest BCUT2D eigenvalue weighted by molar-refractivity contribution is -0.256. The fourth-order valence-corrected chi connectivity index (χ4v) is 4.87. The van der Waals surface area contributed by atoms with Crippen LogP contribution in [-0.2, 0) is 38.4 Å². The van der Waals surface area contributed by atoms with Crippen molar-refractivity contribution in [3.8, 4) is 11.5 Å². The van der Waals surface area contributed by atoms with Gasteiger partial charge in [-0.15, -0.1) is 11.3 Å². The number of nitrogens with two attached hydrogens (primary N) is 1. The summed E-state index contributed by atoms with van der Waals surface area (Å²) in [6.07, 6.45) is 1.19. The molecule has 7 N–H and O–H groups in total. The van der Waals surface area contributed by atoms with Gasteiger partial charge in [-0.1, -0.05) is 5.16 Å². The summed E-state index contributed by atoms with van der Waals surface area (Å²) in [6, 6.07) is -2.10. The second-order valence-electron chi connectivity index (χ2n) is 9.02. The first kappa shape index (κ1) is 28.8. The Balaban J connectivity index is 1.38. The number of aliphatic carboxylic acids is 2. The Labute approximate surface area is 240 Å². The van der Waals surface area contributed by atoms with Gasteiger partial charge in [0.05, 0.1) is 18.1 Å². The molecule has 2 amide bonds. The van der Waals surface area contributed by atoms with Gasteiger partial charge >= 0.3 is 29.3 Å². The fraction of sp³-hybridized carbons (Fsp3) is 0.273. The zero-order valence-corrected chi connectivity index (χ0v) is 22.1. The molecule has 0 radical (unpaired) electrons. The third kappa shape index (κ3) is 5.01. The third-order valence-corrected chi connectivity index (χ3v) is 6.96. The topological polar surface area (TPSA) is 287 Å². The molecule has 2 aliphatic rings. The average molecular weight is 621 g/mol. The molecule has 5 rings (SSSR count). The molecular formula is C22H19N7O13S. The Hall–Kier alpha value is -5.70. The molecule has 21 heteroatoms. The van der Waals surface area contributed by atoms with E-state index in [4.69, 9.17) is 20.4 Å². The number of carboxylic acid groups (broad SMARTS) is 2. The van der Waals surface area contributed by atoms with Crippen molar-refractivity contribution in [2.75, 3.05) is 18.9 Å². The van der Waals surface area contributed by atoms with Gasteiger partial charge in [0.15, 0.2) is 22.3 Å². The van der Waals surface area contributed by atoms with Crippen molar-refractivity contribution in [3.05, 3.63) is 40.0 Å². The molecule has 20 nitrogen and oxygen atoms in total. The molecule has 0 spiro atoms. The number of thiazole rings is 1. The molecule has 226 valence electrons. The number of hydroxylamine groups is 2. The summed E-state index contributed by atoms with van der Waals surface area (Å²) in [5.74, 6) is -7.89. The van der Waals surface area contributed by atoms with Gasteiger partial charge in [-0.2, -0.15) is 5.06 Å². The van der Waals surface area contributed by atoms with Crippen molar-refractivity contribution in [2.45, 2.75) is 24.2 Å². The van der Waals surface area contributed by atoms with Gasteiger partial charge in [-0.25, -0.2) is 24.2 Å². The maximum absolute atomic E-state index is 13.3. The van der Waals surface area contributed by atoms with Crippen LogP contribution in [0.2, 0.25) is 0 Å². The van der Waals surface area contributed by atoms with Crippen molar-refractivity contribution in [1.82, 2.24) is 24.3 Å². The van der Waals surface area contributed by atoms with Crippen molar-refractivity contribution in [1.29, 1.82) is 0 Å². The van der Waals surface area contributed by atoms with Gasteiger partial charge in [-0.3, -0.25) is 23.4 Å². The lowest BCUT2D eigenvalue weighted by Gasteiger charge is -2.30. The van der Waals surface area contributed by atoms with Crippen molar-refractivity contribution >= 4 is 57.4 Å². The Morgan fingerprint density at radius 2 is 1.95 bits per heavy atom. The lowest BCUT2D eigenvalue weighted by Crippen LogP contribution is -2.57. The lowest BCUT2D eigenvalue weighted by atomic mass is 10.1. The van der Waals surface area contributed by atoms with E-state index in [2.05, 4.69) is 20.3 Å². The molecule has 3 aromatic rings. The maximum Gasteiger partial charge on any atom is 0.372 e. The van der Waals surface area contributed by atoms with E-state index in [-0.39, 0.29) is 21.4 Å². The van der Waals surface area contributed by atoms with E-state index in [1.165, 1.54) is 5.38 Å². The summed E-state index contributed by atoms with van der Waals surface area (Å²) < 4.78 is 6.81. The predicted molar refractivity (Wildman–Crippen MR) is 136 cm³/mol. The number of rotatable bonds is 9. The molecule has 0 aliphatic carbocycles. The maximum atomic E-state index is 13.3. The minimum atomic E-state index is -2.76. The van der Waals surface area contributed by atoms with Crippen molar-refractivity contribution in [3.63, 3.8) is 0 Å². The van der Waals surface area contributed by atoms with E-state index in [1.54, 1.807) is 0 Å². The molecule has 0 aromatic carbocycles. The number of carboxylic acids is 2. The molecule has 0 bridgehead atoms. The van der Waals surface area contributed by atoms with E-state index in [0.717, 1.165) is 38.8 Å². The Bertz CT molecular complexity index is 1780. The third-order valence-electron chi connectivity index (χ3n) is 6.28. The quantitative estimate of drug-likeness (QED) is 0.0823. The van der Waals surface area contributed by atoms with Gasteiger partial charge in [0.25, 0.3) is 11.8 Å². The highest BCUT2D eigenvalue weighted by atomic mass is 32.1. The number of carbonyl (C=O) groups is 5. The van der Waals surface area contributed by atoms with Crippen molar-refractivity contribution in [2.24, 2.45) is 5.16 Å². The molecule has 2 saturated heterocycles. The Kier molecular flexibility index (Phi) is 7.11. The van der Waals surface area contributed by atoms with E-state index >= 15 is 0 Å². The number of aromatic nitrogens is 3. The number of amides is 2. The zero-order valence-electron chi connectivity index (χ0n) is 21.3. The molecule has 2 fully saturated rings. The first-order valence-corrected chi connectivity index (χ1v) is 12.7. The van der Waals surface area contributed by atoms with E-state index in [0.29, 0.717) is 0 Å². The minimum Gasteiger partial charge on any atom is -0.504 e. The number of aromatic hydroxyl groups is 2. The number of cyclic esters (lactones) is 1. The molecular weight excluding hydrogens is 602 g/mol. The van der Waals surface area contributed by atoms with Crippen LogP contribution in [0.15, 0.2) is 33.8 Å². The smallest absolute Gasteiger partial charge is 0.372 e. The number of hydrogen-bond donors (Lipinski definition) is 6. The molecule has 2 unspecified atom stereocenters. The van der Waals surface area contributed by atoms with Crippen LogP contribution in [0.5, 0.6) is 11.5 Å².